The first-order chi connectivity index (χ1) is 13.4. The highest BCUT2D eigenvalue weighted by Gasteiger charge is 2.27. The lowest BCUT2D eigenvalue weighted by molar-refractivity contribution is -0.125. The number of aromatic amines is 1. The van der Waals surface area contributed by atoms with Crippen molar-refractivity contribution in [2.45, 2.75) is 18.9 Å². The van der Waals surface area contributed by atoms with E-state index in [0.29, 0.717) is 25.3 Å². The third-order valence-corrected chi connectivity index (χ3v) is 4.51. The molecule has 8 nitrogen and oxygen atoms in total. The Morgan fingerprint density at radius 2 is 2.07 bits per heavy atom. The molecule has 3 rings (SSSR count). The fourth-order valence-corrected chi connectivity index (χ4v) is 3.13. The zero-order valence-corrected chi connectivity index (χ0v) is 14.7. The number of amides is 3. The molecule has 1 aromatic heterocycles. The Labute approximate surface area is 158 Å². The molecule has 1 aliphatic heterocycles. The van der Waals surface area contributed by atoms with Crippen molar-refractivity contribution in [2.24, 2.45) is 5.92 Å². The van der Waals surface area contributed by atoms with Gasteiger partial charge in [-0.2, -0.15) is 0 Å². The van der Waals surface area contributed by atoms with E-state index in [0.717, 1.165) is 6.07 Å². The van der Waals surface area contributed by atoms with Crippen molar-refractivity contribution in [3.63, 3.8) is 0 Å². The number of rotatable bonds is 7. The maximum atomic E-state index is 13.7. The second-order valence-electron chi connectivity index (χ2n) is 6.54. The normalized spacial score (nSPS) is 17.2. The predicted molar refractivity (Wildman–Crippen MR) is 94.3 cm³/mol. The number of carbonyl (C=O) groups is 4. The van der Waals surface area contributed by atoms with Crippen LogP contribution in [0.4, 0.5) is 8.78 Å². The van der Waals surface area contributed by atoms with Crippen LogP contribution in [0.1, 0.15) is 23.3 Å². The van der Waals surface area contributed by atoms with E-state index in [2.05, 4.69) is 20.9 Å². The first-order valence-electron chi connectivity index (χ1n) is 8.65. The predicted octanol–water partition coefficient (Wildman–Crippen LogP) is 0.386. The Kier molecular flexibility index (Phi) is 5.67. The summed E-state index contributed by atoms with van der Waals surface area (Å²) >= 11 is 0. The highest BCUT2D eigenvalue weighted by atomic mass is 19.1. The molecule has 2 unspecified atom stereocenters. The zero-order valence-electron chi connectivity index (χ0n) is 14.7. The Balaban J connectivity index is 1.55. The summed E-state index contributed by atoms with van der Waals surface area (Å²) in [5, 5.41) is 7.61. The molecule has 1 fully saturated rings. The number of benzene rings is 1. The summed E-state index contributed by atoms with van der Waals surface area (Å²) in [6.45, 7) is 0.111. The van der Waals surface area contributed by atoms with Crippen molar-refractivity contribution >= 4 is 34.9 Å². The van der Waals surface area contributed by atoms with Gasteiger partial charge in [0.05, 0.1) is 18.1 Å². The number of halogens is 2. The van der Waals surface area contributed by atoms with Gasteiger partial charge in [0.15, 0.2) is 0 Å². The van der Waals surface area contributed by atoms with E-state index < -0.39 is 36.0 Å². The molecule has 3 amide bonds. The van der Waals surface area contributed by atoms with E-state index in [-0.39, 0.29) is 34.8 Å². The van der Waals surface area contributed by atoms with E-state index in [1.165, 1.54) is 6.07 Å². The number of H-pyrrole nitrogens is 1. The van der Waals surface area contributed by atoms with Gasteiger partial charge in [0.25, 0.3) is 5.91 Å². The van der Waals surface area contributed by atoms with Gasteiger partial charge in [-0.25, -0.2) is 8.78 Å². The lowest BCUT2D eigenvalue weighted by atomic mass is 9.99. The largest absolute Gasteiger partial charge is 0.356 e. The fraction of sp³-hybridized carbons (Fsp3) is 0.333. The monoisotopic (exact) mass is 392 g/mol. The van der Waals surface area contributed by atoms with Gasteiger partial charge in [-0.3, -0.25) is 14.4 Å². The van der Waals surface area contributed by atoms with Crippen LogP contribution in [0, 0.1) is 17.6 Å². The van der Waals surface area contributed by atoms with E-state index >= 15 is 0 Å². The summed E-state index contributed by atoms with van der Waals surface area (Å²) in [6.07, 6.45) is 1.32. The average Bonchev–Trinajstić information content (AvgIpc) is 3.25. The molecule has 1 aromatic carbocycles. The molecule has 1 aliphatic rings. The highest BCUT2D eigenvalue weighted by Crippen LogP contribution is 2.20. The van der Waals surface area contributed by atoms with Crippen LogP contribution in [0.3, 0.4) is 0 Å². The zero-order chi connectivity index (χ0) is 20.3. The van der Waals surface area contributed by atoms with Crippen LogP contribution in [0.25, 0.3) is 10.9 Å². The molecule has 0 spiro atoms. The van der Waals surface area contributed by atoms with E-state index in [4.69, 9.17) is 0 Å². The van der Waals surface area contributed by atoms with Crippen LogP contribution in [-0.2, 0) is 14.4 Å². The fourth-order valence-electron chi connectivity index (χ4n) is 3.13. The molecule has 0 bridgehead atoms. The summed E-state index contributed by atoms with van der Waals surface area (Å²) in [4.78, 5) is 49.3. The quantitative estimate of drug-likeness (QED) is 0.510. The van der Waals surface area contributed by atoms with Crippen LogP contribution < -0.4 is 16.0 Å². The van der Waals surface area contributed by atoms with Crippen LogP contribution in [-0.4, -0.2) is 48.1 Å². The molecule has 148 valence electrons. The van der Waals surface area contributed by atoms with E-state index in [1.54, 1.807) is 0 Å². The van der Waals surface area contributed by atoms with Gasteiger partial charge in [-0.15, -0.1) is 0 Å². The van der Waals surface area contributed by atoms with E-state index in [9.17, 15) is 28.0 Å². The van der Waals surface area contributed by atoms with Crippen molar-refractivity contribution in [1.82, 2.24) is 20.9 Å². The second-order valence-corrected chi connectivity index (χ2v) is 6.54. The maximum absolute atomic E-state index is 13.7. The standard InChI is InChI=1S/C18H18F2N4O4/c19-11-3-10-5-14(24-16(10)13(20)6-11)18(28)22-7-15(26)23-12(8-25)4-9-1-2-21-17(9)27/h3,5-6,8-9,12,24H,1-2,4,7H2,(H,21,27)(H,22,28)(H,23,26). The topological polar surface area (TPSA) is 120 Å². The smallest absolute Gasteiger partial charge is 0.268 e. The molecular formula is C18H18F2N4O4. The van der Waals surface area contributed by atoms with Gasteiger partial charge < -0.3 is 25.7 Å². The minimum Gasteiger partial charge on any atom is -0.356 e. The number of fused-ring (bicyclic) bond motifs is 1. The lowest BCUT2D eigenvalue weighted by Gasteiger charge is -2.15. The molecule has 2 aromatic rings. The molecular weight excluding hydrogens is 374 g/mol. The molecule has 10 heteroatoms. The lowest BCUT2D eigenvalue weighted by Crippen LogP contribution is -2.44. The van der Waals surface area contributed by atoms with Crippen LogP contribution in [0.15, 0.2) is 18.2 Å². The summed E-state index contributed by atoms with van der Waals surface area (Å²) < 4.78 is 26.9. The second kappa shape index (κ2) is 8.15. The Bertz CT molecular complexity index is 943. The number of nitrogens with one attached hydrogen (secondary N) is 4. The van der Waals surface area contributed by atoms with Crippen molar-refractivity contribution in [2.75, 3.05) is 13.1 Å². The van der Waals surface area contributed by atoms with Crippen LogP contribution in [0.2, 0.25) is 0 Å². The third-order valence-electron chi connectivity index (χ3n) is 4.51. The van der Waals surface area contributed by atoms with Crippen LogP contribution >= 0.6 is 0 Å². The van der Waals surface area contributed by atoms with Crippen molar-refractivity contribution in [3.8, 4) is 0 Å². The average molecular weight is 392 g/mol. The molecule has 0 aliphatic carbocycles. The number of aldehydes is 1. The number of hydrogen-bond acceptors (Lipinski definition) is 4. The molecule has 28 heavy (non-hydrogen) atoms. The van der Waals surface area contributed by atoms with Gasteiger partial charge in [-0.1, -0.05) is 0 Å². The van der Waals surface area contributed by atoms with Crippen molar-refractivity contribution in [3.05, 3.63) is 35.5 Å². The Morgan fingerprint density at radius 1 is 1.29 bits per heavy atom. The van der Waals surface area contributed by atoms with Gasteiger partial charge in [0.1, 0.15) is 23.6 Å². The molecule has 0 radical (unpaired) electrons. The number of aromatic nitrogens is 1. The van der Waals surface area contributed by atoms with Gasteiger partial charge in [-0.05, 0) is 25.0 Å². The first kappa shape index (κ1) is 19.5. The van der Waals surface area contributed by atoms with Gasteiger partial charge in [0, 0.05) is 23.9 Å². The molecule has 2 atom stereocenters. The molecule has 1 saturated heterocycles. The number of hydrogen-bond donors (Lipinski definition) is 4. The van der Waals surface area contributed by atoms with E-state index in [1.807, 2.05) is 0 Å². The van der Waals surface area contributed by atoms with Gasteiger partial charge >= 0.3 is 0 Å². The maximum Gasteiger partial charge on any atom is 0.268 e. The Morgan fingerprint density at radius 3 is 2.75 bits per heavy atom. The van der Waals surface area contributed by atoms with Crippen molar-refractivity contribution in [1.29, 1.82) is 0 Å². The molecule has 0 saturated carbocycles. The summed E-state index contributed by atoms with van der Waals surface area (Å²) in [5.41, 5.74) is -0.0614. The molecule has 4 N–H and O–H groups in total. The summed E-state index contributed by atoms with van der Waals surface area (Å²) in [6, 6.07) is 2.19. The Hall–Kier alpha value is -3.30. The molecule has 2 heterocycles. The summed E-state index contributed by atoms with van der Waals surface area (Å²) in [7, 11) is 0. The third kappa shape index (κ3) is 4.33. The van der Waals surface area contributed by atoms with Crippen LogP contribution in [0.5, 0.6) is 0 Å². The minimum absolute atomic E-state index is 0.0214. The van der Waals surface area contributed by atoms with Crippen molar-refractivity contribution < 1.29 is 28.0 Å². The van der Waals surface area contributed by atoms with Gasteiger partial charge in [0.2, 0.25) is 11.8 Å². The minimum atomic E-state index is -0.844. The summed E-state index contributed by atoms with van der Waals surface area (Å²) in [5.74, 6) is -3.41. The highest BCUT2D eigenvalue weighted by molar-refractivity contribution is 5.99. The number of carbonyl (C=O) groups excluding carboxylic acids is 4. The SMILES string of the molecule is O=CC(CC1CCNC1=O)NC(=O)CNC(=O)c1cc2cc(F)cc(F)c2[nH]1. The first-order valence-corrected chi connectivity index (χ1v) is 8.65.